The number of piperidine rings is 1. The lowest BCUT2D eigenvalue weighted by atomic mass is 10.1. The van der Waals surface area contributed by atoms with E-state index in [1.54, 1.807) is 25.3 Å². The molecule has 1 aliphatic heterocycles. The van der Waals surface area contributed by atoms with Gasteiger partial charge in [-0.1, -0.05) is 17.6 Å². The maximum Gasteiger partial charge on any atom is 0.332 e. The number of aryl methyl sites for hydroxylation is 3. The molecule has 11 heteroatoms. The molecule has 1 fully saturated rings. The van der Waals surface area contributed by atoms with Crippen molar-refractivity contribution in [1.29, 1.82) is 0 Å². The number of nitrogens with zero attached hydrogens (tertiary/aromatic N) is 7. The van der Waals surface area contributed by atoms with E-state index in [1.165, 1.54) is 9.13 Å². The van der Waals surface area contributed by atoms with Crippen molar-refractivity contribution in [3.05, 3.63) is 56.1 Å². The number of rotatable bonds is 4. The van der Waals surface area contributed by atoms with Crippen LogP contribution in [0.4, 0.5) is 5.95 Å². The van der Waals surface area contributed by atoms with Crippen LogP contribution in [0.5, 0.6) is 0 Å². The van der Waals surface area contributed by atoms with Crippen LogP contribution in [0.15, 0.2) is 27.8 Å². The molecule has 0 aliphatic carbocycles. The first-order valence-electron chi connectivity index (χ1n) is 13.0. The van der Waals surface area contributed by atoms with Crippen LogP contribution in [-0.4, -0.2) is 47.8 Å². The first-order valence-corrected chi connectivity index (χ1v) is 13.8. The van der Waals surface area contributed by atoms with Crippen molar-refractivity contribution in [1.82, 2.24) is 28.7 Å². The lowest BCUT2D eigenvalue weighted by Crippen LogP contribution is -2.44. The third-order valence-corrected chi connectivity index (χ3v) is 8.62. The number of benzene rings is 1. The molecular weight excluding hydrogens is 512 g/mol. The number of hydrogen-bond donors (Lipinski definition) is 1. The van der Waals surface area contributed by atoms with Crippen molar-refractivity contribution in [2.45, 2.75) is 52.7 Å². The van der Waals surface area contributed by atoms with E-state index in [-0.39, 0.29) is 19.1 Å². The summed E-state index contributed by atoms with van der Waals surface area (Å²) in [6.45, 7) is 7.39. The average molecular weight is 543 g/mol. The first kappa shape index (κ1) is 25.3. The van der Waals surface area contributed by atoms with E-state index in [4.69, 9.17) is 15.7 Å². The predicted octanol–water partition coefficient (Wildman–Crippen LogP) is 2.67. The summed E-state index contributed by atoms with van der Waals surface area (Å²) in [5.74, 6) is 7.01. The van der Waals surface area contributed by atoms with Gasteiger partial charge in [0.25, 0.3) is 5.56 Å². The van der Waals surface area contributed by atoms with Gasteiger partial charge < -0.3 is 10.6 Å². The second-order valence-corrected chi connectivity index (χ2v) is 11.2. The molecule has 39 heavy (non-hydrogen) atoms. The number of imidazole rings is 1. The third-order valence-electron chi connectivity index (χ3n) is 7.35. The summed E-state index contributed by atoms with van der Waals surface area (Å²) in [6.07, 6.45) is 1.88. The minimum absolute atomic E-state index is 0.0250. The number of thiophene rings is 1. The maximum absolute atomic E-state index is 13.9. The maximum atomic E-state index is 13.9. The van der Waals surface area contributed by atoms with Gasteiger partial charge in [0.1, 0.15) is 5.82 Å². The molecule has 0 unspecified atom stereocenters. The Balaban J connectivity index is 1.53. The van der Waals surface area contributed by atoms with Crippen LogP contribution in [-0.2, 0) is 20.1 Å². The highest BCUT2D eigenvalue weighted by atomic mass is 32.1. The fourth-order valence-electron chi connectivity index (χ4n) is 5.41. The summed E-state index contributed by atoms with van der Waals surface area (Å²) < 4.78 is 6.58. The third kappa shape index (κ3) is 4.20. The molecule has 6 rings (SSSR count). The van der Waals surface area contributed by atoms with Gasteiger partial charge in [0.15, 0.2) is 11.2 Å². The molecule has 5 aromatic rings. The monoisotopic (exact) mass is 542 g/mol. The summed E-state index contributed by atoms with van der Waals surface area (Å²) in [4.78, 5) is 43.8. The molecule has 1 saturated heterocycles. The Morgan fingerprint density at radius 2 is 1.97 bits per heavy atom. The van der Waals surface area contributed by atoms with E-state index in [2.05, 4.69) is 39.9 Å². The van der Waals surface area contributed by atoms with E-state index >= 15 is 0 Å². The quantitative estimate of drug-likeness (QED) is 0.347. The largest absolute Gasteiger partial charge is 0.341 e. The molecule has 1 aromatic carbocycles. The van der Waals surface area contributed by atoms with E-state index in [0.717, 1.165) is 50.9 Å². The van der Waals surface area contributed by atoms with Crippen molar-refractivity contribution in [3.63, 3.8) is 0 Å². The van der Waals surface area contributed by atoms with Crippen molar-refractivity contribution in [2.75, 3.05) is 18.0 Å². The van der Waals surface area contributed by atoms with Gasteiger partial charge in [-0.25, -0.2) is 14.8 Å². The van der Waals surface area contributed by atoms with Crippen LogP contribution >= 0.6 is 11.3 Å². The van der Waals surface area contributed by atoms with Crippen molar-refractivity contribution in [3.8, 4) is 11.8 Å². The standard InChI is InChI=1S/C28H30N8O2S/c1-5-6-12-35-23-25(32-27(35)34-11-7-8-18(29)14-34)33(4)28(38)36(26(23)37)15-21-30-17(3)24-22(31-21)19-13-16(2)9-10-20(19)39-24/h9-10,13,18H,7-8,11-12,14-15,29H2,1-4H3/t18-/m1/s1. The zero-order valence-corrected chi connectivity index (χ0v) is 23.3. The van der Waals surface area contributed by atoms with Gasteiger partial charge >= 0.3 is 5.69 Å². The minimum Gasteiger partial charge on any atom is -0.341 e. The Hall–Kier alpha value is -4.01. The van der Waals surface area contributed by atoms with E-state index in [1.807, 2.05) is 18.4 Å². The lowest BCUT2D eigenvalue weighted by Gasteiger charge is -2.31. The number of aromatic nitrogens is 6. The topological polar surface area (TPSA) is 117 Å². The average Bonchev–Trinajstić information content (AvgIpc) is 3.48. The molecule has 200 valence electrons. The number of fused-ring (bicyclic) bond motifs is 4. The Bertz CT molecular complexity index is 1950. The van der Waals surface area contributed by atoms with Crippen LogP contribution in [0.25, 0.3) is 31.5 Å². The van der Waals surface area contributed by atoms with E-state index in [0.29, 0.717) is 29.5 Å². The van der Waals surface area contributed by atoms with Crippen LogP contribution in [0.3, 0.4) is 0 Å². The fraction of sp³-hybridized carbons (Fsp3) is 0.393. The number of hydrogen-bond acceptors (Lipinski definition) is 8. The Kier molecular flexibility index (Phi) is 6.24. The van der Waals surface area contributed by atoms with Crippen molar-refractivity contribution >= 4 is 48.8 Å². The Morgan fingerprint density at radius 3 is 2.74 bits per heavy atom. The van der Waals surface area contributed by atoms with Gasteiger partial charge in [0, 0.05) is 36.3 Å². The summed E-state index contributed by atoms with van der Waals surface area (Å²) in [5, 5.41) is 1.05. The van der Waals surface area contributed by atoms with Crippen LogP contribution in [0.2, 0.25) is 0 Å². The lowest BCUT2D eigenvalue weighted by molar-refractivity contribution is 0.496. The molecular formula is C28H30N8O2S. The normalized spacial score (nSPS) is 15.8. The fourth-order valence-corrected chi connectivity index (χ4v) is 6.47. The van der Waals surface area contributed by atoms with Crippen LogP contribution < -0.4 is 21.9 Å². The smallest absolute Gasteiger partial charge is 0.332 e. The SMILES string of the molecule is CC#CCn1c(N2CCC[C@@H](N)C2)nc2c1c(=O)n(Cc1nc(C)c3sc4ccc(C)cc4c3n1)c(=O)n2C. The molecule has 0 radical (unpaired) electrons. The number of anilines is 1. The van der Waals surface area contributed by atoms with Gasteiger partial charge in [-0.15, -0.1) is 17.3 Å². The van der Waals surface area contributed by atoms with Crippen molar-refractivity contribution < 1.29 is 0 Å². The summed E-state index contributed by atoms with van der Waals surface area (Å²) >= 11 is 1.65. The second-order valence-electron chi connectivity index (χ2n) is 10.2. The Morgan fingerprint density at radius 1 is 1.15 bits per heavy atom. The van der Waals surface area contributed by atoms with Crippen LogP contribution in [0, 0.1) is 25.7 Å². The molecule has 0 amide bonds. The highest BCUT2D eigenvalue weighted by Crippen LogP contribution is 2.34. The van der Waals surface area contributed by atoms with Crippen molar-refractivity contribution in [2.24, 2.45) is 12.8 Å². The highest BCUT2D eigenvalue weighted by molar-refractivity contribution is 7.25. The van der Waals surface area contributed by atoms with E-state index < -0.39 is 11.2 Å². The molecule has 0 saturated carbocycles. The van der Waals surface area contributed by atoms with Gasteiger partial charge in [0.2, 0.25) is 5.95 Å². The van der Waals surface area contributed by atoms with Gasteiger partial charge in [-0.2, -0.15) is 4.98 Å². The summed E-state index contributed by atoms with van der Waals surface area (Å²) in [5.41, 5.74) is 8.83. The Labute approximate surface area is 228 Å². The summed E-state index contributed by atoms with van der Waals surface area (Å²) in [7, 11) is 1.64. The zero-order valence-electron chi connectivity index (χ0n) is 22.5. The molecule has 0 bridgehead atoms. The second kappa shape index (κ2) is 9.63. The van der Waals surface area contributed by atoms with E-state index in [9.17, 15) is 9.59 Å². The molecule has 2 N–H and O–H groups in total. The molecule has 0 spiro atoms. The van der Waals surface area contributed by atoms with Crippen LogP contribution in [0.1, 0.15) is 36.8 Å². The first-order chi connectivity index (χ1) is 18.8. The minimum atomic E-state index is -0.465. The molecule has 5 heterocycles. The van der Waals surface area contributed by atoms with Gasteiger partial charge in [-0.3, -0.25) is 18.5 Å². The molecule has 10 nitrogen and oxygen atoms in total. The van der Waals surface area contributed by atoms with Gasteiger partial charge in [-0.05, 0) is 45.7 Å². The molecule has 1 atom stereocenters. The number of nitrogens with two attached hydrogens (primary N) is 1. The molecule has 1 aliphatic rings. The zero-order chi connectivity index (χ0) is 27.4. The highest BCUT2D eigenvalue weighted by Gasteiger charge is 2.26. The predicted molar refractivity (Wildman–Crippen MR) is 156 cm³/mol. The van der Waals surface area contributed by atoms with Gasteiger partial charge in [0.05, 0.1) is 29.0 Å². The molecule has 4 aromatic heterocycles. The summed E-state index contributed by atoms with van der Waals surface area (Å²) in [6, 6.07) is 6.31.